The third-order valence-corrected chi connectivity index (χ3v) is 5.62. The number of carboxylic acids is 1. The monoisotopic (exact) mass is 398 g/mol. The summed E-state index contributed by atoms with van der Waals surface area (Å²) in [5, 5.41) is 8.94. The van der Waals surface area contributed by atoms with Gasteiger partial charge in [0.05, 0.1) is 6.61 Å². The molecule has 0 amide bonds. The van der Waals surface area contributed by atoms with Crippen molar-refractivity contribution in [1.29, 1.82) is 0 Å². The molecule has 0 fully saturated rings. The summed E-state index contributed by atoms with van der Waals surface area (Å²) >= 11 is 0. The summed E-state index contributed by atoms with van der Waals surface area (Å²) in [6.07, 6.45) is 20.1. The molecule has 0 heterocycles. The zero-order chi connectivity index (χ0) is 21.0. The third kappa shape index (κ3) is 15.9. The zero-order valence-corrected chi connectivity index (χ0v) is 18.8. The molecule has 0 saturated heterocycles. The molecule has 28 heavy (non-hydrogen) atoms. The van der Waals surface area contributed by atoms with Crippen LogP contribution in [0.2, 0.25) is 0 Å². The van der Waals surface area contributed by atoms with Crippen molar-refractivity contribution in [1.82, 2.24) is 0 Å². The van der Waals surface area contributed by atoms with Crippen LogP contribution in [-0.2, 0) is 14.3 Å². The van der Waals surface area contributed by atoms with Gasteiger partial charge >= 0.3 is 11.9 Å². The van der Waals surface area contributed by atoms with E-state index in [4.69, 9.17) is 9.84 Å². The summed E-state index contributed by atoms with van der Waals surface area (Å²) in [5.41, 5.74) is 0. The second-order valence-electron chi connectivity index (χ2n) is 8.38. The largest absolute Gasteiger partial charge is 0.481 e. The number of hydrogen-bond acceptors (Lipinski definition) is 3. The summed E-state index contributed by atoms with van der Waals surface area (Å²) in [6.45, 7) is 6.24. The second-order valence-corrected chi connectivity index (χ2v) is 8.38. The number of carboxylic acid groups (broad SMARTS) is 1. The van der Waals surface area contributed by atoms with Gasteiger partial charge in [0, 0.05) is 0 Å². The van der Waals surface area contributed by atoms with Crippen molar-refractivity contribution in [3.63, 3.8) is 0 Å². The van der Waals surface area contributed by atoms with E-state index in [9.17, 15) is 9.59 Å². The van der Waals surface area contributed by atoms with Gasteiger partial charge in [-0.2, -0.15) is 0 Å². The van der Waals surface area contributed by atoms with E-state index in [1.165, 1.54) is 96.8 Å². The van der Waals surface area contributed by atoms with Gasteiger partial charge in [0.15, 0.2) is 5.92 Å². The topological polar surface area (TPSA) is 63.6 Å². The Morgan fingerprint density at radius 3 is 1.50 bits per heavy atom. The van der Waals surface area contributed by atoms with Crippen molar-refractivity contribution in [2.45, 2.75) is 124 Å². The summed E-state index contributed by atoms with van der Waals surface area (Å²) in [7, 11) is 0. The maximum atomic E-state index is 11.8. The van der Waals surface area contributed by atoms with Crippen LogP contribution in [-0.4, -0.2) is 23.7 Å². The highest BCUT2D eigenvalue weighted by Crippen LogP contribution is 2.20. The number of unbranched alkanes of at least 4 members (excludes halogenated alkanes) is 12. The molecule has 0 bridgehead atoms. The first kappa shape index (κ1) is 26.9. The molecule has 2 atom stereocenters. The highest BCUT2D eigenvalue weighted by molar-refractivity contribution is 5.93. The van der Waals surface area contributed by atoms with Crippen LogP contribution in [0.15, 0.2) is 0 Å². The van der Waals surface area contributed by atoms with Gasteiger partial charge in [-0.1, -0.05) is 104 Å². The van der Waals surface area contributed by atoms with E-state index >= 15 is 0 Å². The number of ether oxygens (including phenoxy) is 1. The molecule has 0 aromatic rings. The van der Waals surface area contributed by atoms with Crippen LogP contribution in [0, 0.1) is 11.8 Å². The quantitative estimate of drug-likeness (QED) is 0.134. The fourth-order valence-electron chi connectivity index (χ4n) is 3.52. The minimum absolute atomic E-state index is 0.371. The van der Waals surface area contributed by atoms with E-state index in [2.05, 4.69) is 13.8 Å². The Bertz CT molecular complexity index is 381. The predicted molar refractivity (Wildman–Crippen MR) is 116 cm³/mol. The molecule has 0 spiro atoms. The van der Waals surface area contributed by atoms with Gasteiger partial charge in [0.25, 0.3) is 0 Å². The van der Waals surface area contributed by atoms with Gasteiger partial charge in [-0.25, -0.2) is 0 Å². The van der Waals surface area contributed by atoms with Crippen molar-refractivity contribution in [2.24, 2.45) is 11.8 Å². The molecule has 4 nitrogen and oxygen atoms in total. The number of carbonyl (C=O) groups is 2. The fraction of sp³-hybridized carbons (Fsp3) is 0.917. The van der Waals surface area contributed by atoms with Crippen LogP contribution < -0.4 is 0 Å². The molecule has 0 aliphatic carbocycles. The standard InChI is InChI=1S/C24H46O4/c1-4-6-8-10-12-13-15-17-19-22(18-16-14-11-9-7-5-2)20-28-24(27)21(3)23(25)26/h21-22H,4-20H2,1-3H3,(H,25,26). The number of aliphatic carboxylic acids is 1. The molecular weight excluding hydrogens is 352 g/mol. The van der Waals surface area contributed by atoms with Gasteiger partial charge in [-0.15, -0.1) is 0 Å². The highest BCUT2D eigenvalue weighted by atomic mass is 16.5. The lowest BCUT2D eigenvalue weighted by Gasteiger charge is -2.18. The van der Waals surface area contributed by atoms with Crippen molar-refractivity contribution in [2.75, 3.05) is 6.61 Å². The van der Waals surface area contributed by atoms with Gasteiger partial charge < -0.3 is 9.84 Å². The molecule has 0 aromatic heterocycles. The number of hydrogen-bond donors (Lipinski definition) is 1. The Kier molecular flexibility index (Phi) is 18.5. The summed E-state index contributed by atoms with van der Waals surface area (Å²) in [5.74, 6) is -2.41. The van der Waals surface area contributed by atoms with E-state index in [-0.39, 0.29) is 0 Å². The second kappa shape index (κ2) is 19.3. The first-order chi connectivity index (χ1) is 13.5. The van der Waals surface area contributed by atoms with Crippen molar-refractivity contribution < 1.29 is 19.4 Å². The normalized spacial score (nSPS) is 13.2. The molecule has 4 heteroatoms. The average molecular weight is 399 g/mol. The summed E-state index contributed by atoms with van der Waals surface area (Å²) < 4.78 is 5.33. The van der Waals surface area contributed by atoms with Crippen LogP contribution >= 0.6 is 0 Å². The summed E-state index contributed by atoms with van der Waals surface area (Å²) in [4.78, 5) is 22.8. The number of carbonyl (C=O) groups excluding carboxylic acids is 1. The van der Waals surface area contributed by atoms with E-state index in [1.807, 2.05) is 0 Å². The molecule has 0 rings (SSSR count). The van der Waals surface area contributed by atoms with Crippen LogP contribution in [0.25, 0.3) is 0 Å². The molecule has 2 unspecified atom stereocenters. The number of esters is 1. The first-order valence-electron chi connectivity index (χ1n) is 11.9. The van der Waals surface area contributed by atoms with Gasteiger partial charge in [0.2, 0.25) is 0 Å². The van der Waals surface area contributed by atoms with E-state index in [0.717, 1.165) is 12.8 Å². The molecule has 0 aliphatic heterocycles. The Labute approximate surface area is 173 Å². The Balaban J connectivity index is 4.10. The first-order valence-corrected chi connectivity index (χ1v) is 11.9. The van der Waals surface area contributed by atoms with Gasteiger partial charge in [-0.05, 0) is 25.7 Å². The molecule has 166 valence electrons. The Morgan fingerprint density at radius 2 is 1.11 bits per heavy atom. The maximum absolute atomic E-state index is 11.8. The molecule has 0 aromatic carbocycles. The van der Waals surface area contributed by atoms with Crippen LogP contribution in [0.4, 0.5) is 0 Å². The zero-order valence-electron chi connectivity index (χ0n) is 18.8. The van der Waals surface area contributed by atoms with Gasteiger partial charge in [0.1, 0.15) is 0 Å². The lowest BCUT2D eigenvalue weighted by atomic mass is 9.94. The molecule has 1 N–H and O–H groups in total. The highest BCUT2D eigenvalue weighted by Gasteiger charge is 2.23. The van der Waals surface area contributed by atoms with E-state index < -0.39 is 17.9 Å². The molecule has 0 saturated carbocycles. The fourth-order valence-corrected chi connectivity index (χ4v) is 3.52. The van der Waals surface area contributed by atoms with Crippen molar-refractivity contribution in [3.8, 4) is 0 Å². The molecular formula is C24H46O4. The minimum atomic E-state index is -1.11. The predicted octanol–water partition coefficient (Wildman–Crippen LogP) is 7.15. The molecule has 0 radical (unpaired) electrons. The van der Waals surface area contributed by atoms with Gasteiger partial charge in [-0.3, -0.25) is 9.59 Å². The molecule has 0 aliphatic rings. The average Bonchev–Trinajstić information content (AvgIpc) is 2.68. The number of rotatable bonds is 20. The van der Waals surface area contributed by atoms with Crippen molar-refractivity contribution >= 4 is 11.9 Å². The lowest BCUT2D eigenvalue weighted by Crippen LogP contribution is -2.25. The maximum Gasteiger partial charge on any atom is 0.320 e. The summed E-state index contributed by atoms with van der Waals surface area (Å²) in [6, 6.07) is 0. The Hall–Kier alpha value is -1.06. The Morgan fingerprint density at radius 1 is 0.714 bits per heavy atom. The van der Waals surface area contributed by atoms with Crippen LogP contribution in [0.5, 0.6) is 0 Å². The minimum Gasteiger partial charge on any atom is -0.481 e. The third-order valence-electron chi connectivity index (χ3n) is 5.62. The lowest BCUT2D eigenvalue weighted by molar-refractivity contribution is -0.158. The SMILES string of the molecule is CCCCCCCCCCC(CCCCCCCC)COC(=O)C(C)C(=O)O. The van der Waals surface area contributed by atoms with E-state index in [0.29, 0.717) is 12.5 Å². The van der Waals surface area contributed by atoms with E-state index in [1.54, 1.807) is 0 Å². The smallest absolute Gasteiger partial charge is 0.320 e. The van der Waals surface area contributed by atoms with Crippen LogP contribution in [0.3, 0.4) is 0 Å². The van der Waals surface area contributed by atoms with Crippen molar-refractivity contribution in [3.05, 3.63) is 0 Å². The van der Waals surface area contributed by atoms with Crippen LogP contribution in [0.1, 0.15) is 124 Å².